The van der Waals surface area contributed by atoms with Crippen LogP contribution in [0.1, 0.15) is 45.1 Å². The lowest BCUT2D eigenvalue weighted by molar-refractivity contribution is -0.312. The van der Waals surface area contributed by atoms with Gasteiger partial charge in [0.1, 0.15) is 0 Å². The molecule has 0 aliphatic heterocycles. The molecule has 4 nitrogen and oxygen atoms in total. The SMILES string of the molecule is CCCNC(=O)C(C(C)C(=O)[O-])C(CC)c1ccccc1. The van der Waals surface area contributed by atoms with Crippen LogP contribution in [0.15, 0.2) is 30.3 Å². The van der Waals surface area contributed by atoms with Crippen molar-refractivity contribution in [3.8, 4) is 0 Å². The highest BCUT2D eigenvalue weighted by Gasteiger charge is 2.33. The normalized spacial score (nSPS) is 15.0. The molecule has 0 aromatic heterocycles. The van der Waals surface area contributed by atoms with Crippen LogP contribution in [-0.4, -0.2) is 18.4 Å². The Hall–Kier alpha value is -1.84. The van der Waals surface area contributed by atoms with Crippen LogP contribution in [0.5, 0.6) is 0 Å². The summed E-state index contributed by atoms with van der Waals surface area (Å²) in [5.41, 5.74) is 0.991. The molecule has 1 amide bonds. The first-order chi connectivity index (χ1) is 10.0. The van der Waals surface area contributed by atoms with Gasteiger partial charge >= 0.3 is 0 Å². The third kappa shape index (κ3) is 4.59. The van der Waals surface area contributed by atoms with E-state index in [-0.39, 0.29) is 11.8 Å². The highest BCUT2D eigenvalue weighted by molar-refractivity contribution is 5.84. The molecule has 0 fully saturated rings. The van der Waals surface area contributed by atoms with Gasteiger partial charge < -0.3 is 15.2 Å². The van der Waals surface area contributed by atoms with E-state index in [0.717, 1.165) is 12.0 Å². The second-order valence-corrected chi connectivity index (χ2v) is 5.35. The van der Waals surface area contributed by atoms with Crippen molar-refractivity contribution < 1.29 is 14.7 Å². The summed E-state index contributed by atoms with van der Waals surface area (Å²) in [5, 5.41) is 14.1. The van der Waals surface area contributed by atoms with Crippen LogP contribution in [0.2, 0.25) is 0 Å². The Kier molecular flexibility index (Phi) is 6.92. The monoisotopic (exact) mass is 290 g/mol. The van der Waals surface area contributed by atoms with Gasteiger partial charge in [-0.3, -0.25) is 4.79 Å². The number of carboxylic acid groups (broad SMARTS) is 1. The number of carbonyl (C=O) groups excluding carboxylic acids is 2. The Morgan fingerprint density at radius 3 is 2.29 bits per heavy atom. The van der Waals surface area contributed by atoms with Gasteiger partial charge in [-0.15, -0.1) is 0 Å². The zero-order chi connectivity index (χ0) is 15.8. The van der Waals surface area contributed by atoms with Crippen molar-refractivity contribution in [2.24, 2.45) is 11.8 Å². The fraction of sp³-hybridized carbons (Fsp3) is 0.529. The van der Waals surface area contributed by atoms with Crippen LogP contribution >= 0.6 is 0 Å². The quantitative estimate of drug-likeness (QED) is 0.792. The zero-order valence-corrected chi connectivity index (χ0v) is 13.0. The van der Waals surface area contributed by atoms with Crippen LogP contribution in [0.3, 0.4) is 0 Å². The Morgan fingerprint density at radius 2 is 1.81 bits per heavy atom. The molecule has 3 unspecified atom stereocenters. The lowest BCUT2D eigenvalue weighted by Crippen LogP contribution is -2.44. The lowest BCUT2D eigenvalue weighted by Gasteiger charge is -2.31. The molecule has 0 spiro atoms. The Labute approximate surface area is 126 Å². The summed E-state index contributed by atoms with van der Waals surface area (Å²) in [5.74, 6) is -2.96. The van der Waals surface area contributed by atoms with Gasteiger partial charge in [-0.1, -0.05) is 51.1 Å². The van der Waals surface area contributed by atoms with E-state index < -0.39 is 17.8 Å². The number of hydrogen-bond acceptors (Lipinski definition) is 3. The van der Waals surface area contributed by atoms with Gasteiger partial charge in [0.05, 0.1) is 5.92 Å². The standard InChI is InChI=1S/C17H25NO3/c1-4-11-18-16(19)15(12(3)17(20)21)14(5-2)13-9-7-6-8-10-13/h6-10,12,14-15H,4-5,11H2,1-3H3,(H,18,19)(H,20,21)/p-1. The minimum Gasteiger partial charge on any atom is -0.550 e. The number of nitrogens with one attached hydrogen (secondary N) is 1. The Bertz CT molecular complexity index is 458. The molecule has 21 heavy (non-hydrogen) atoms. The minimum atomic E-state index is -1.18. The highest BCUT2D eigenvalue weighted by atomic mass is 16.4. The number of benzene rings is 1. The van der Waals surface area contributed by atoms with Gasteiger partial charge in [0, 0.05) is 18.4 Å². The summed E-state index contributed by atoms with van der Waals surface area (Å²) in [6.07, 6.45) is 1.52. The number of carbonyl (C=O) groups is 2. The third-order valence-electron chi connectivity index (χ3n) is 3.86. The summed E-state index contributed by atoms with van der Waals surface area (Å²) in [6.45, 7) is 6.04. The molecule has 0 aliphatic rings. The highest BCUT2D eigenvalue weighted by Crippen LogP contribution is 2.33. The number of rotatable bonds is 8. The van der Waals surface area contributed by atoms with E-state index in [1.807, 2.05) is 44.2 Å². The predicted molar refractivity (Wildman–Crippen MR) is 80.4 cm³/mol. The van der Waals surface area contributed by atoms with Crippen LogP contribution in [0, 0.1) is 11.8 Å². The van der Waals surface area contributed by atoms with Gasteiger partial charge in [-0.25, -0.2) is 0 Å². The molecule has 1 aromatic rings. The fourth-order valence-electron chi connectivity index (χ4n) is 2.67. The first kappa shape index (κ1) is 17.2. The molecule has 4 heteroatoms. The van der Waals surface area contributed by atoms with Crippen LogP contribution in [0.4, 0.5) is 0 Å². The molecule has 0 aliphatic carbocycles. The Morgan fingerprint density at radius 1 is 1.19 bits per heavy atom. The second-order valence-electron chi connectivity index (χ2n) is 5.35. The van der Waals surface area contributed by atoms with E-state index >= 15 is 0 Å². The summed E-state index contributed by atoms with van der Waals surface area (Å²) >= 11 is 0. The van der Waals surface area contributed by atoms with Crippen molar-refractivity contribution in [1.29, 1.82) is 0 Å². The minimum absolute atomic E-state index is 0.129. The molecule has 3 atom stereocenters. The molecular weight excluding hydrogens is 266 g/mol. The predicted octanol–water partition coefficient (Wildman–Crippen LogP) is 1.71. The molecule has 1 N–H and O–H groups in total. The maximum Gasteiger partial charge on any atom is 0.224 e. The lowest BCUT2D eigenvalue weighted by atomic mass is 9.76. The number of aliphatic carboxylic acids is 1. The van der Waals surface area contributed by atoms with Gasteiger partial charge in [0.15, 0.2) is 0 Å². The molecule has 0 saturated carbocycles. The van der Waals surface area contributed by atoms with E-state index in [0.29, 0.717) is 13.0 Å². The van der Waals surface area contributed by atoms with Gasteiger partial charge in [0.2, 0.25) is 5.91 Å². The first-order valence-electron chi connectivity index (χ1n) is 7.56. The second kappa shape index (κ2) is 8.45. The van der Waals surface area contributed by atoms with Crippen molar-refractivity contribution in [2.75, 3.05) is 6.54 Å². The molecule has 1 rings (SSSR count). The number of hydrogen-bond donors (Lipinski definition) is 1. The number of amides is 1. The van der Waals surface area contributed by atoms with Gasteiger partial charge in [-0.2, -0.15) is 0 Å². The van der Waals surface area contributed by atoms with E-state index in [9.17, 15) is 14.7 Å². The summed E-state index contributed by atoms with van der Waals surface area (Å²) < 4.78 is 0. The van der Waals surface area contributed by atoms with Crippen molar-refractivity contribution >= 4 is 11.9 Å². The van der Waals surface area contributed by atoms with Crippen molar-refractivity contribution in [1.82, 2.24) is 5.32 Å². The molecule has 1 aromatic carbocycles. The number of carboxylic acids is 1. The maximum absolute atomic E-state index is 12.4. The largest absolute Gasteiger partial charge is 0.550 e. The Balaban J connectivity index is 3.08. The molecular formula is C17H24NO3-. The summed E-state index contributed by atoms with van der Waals surface area (Å²) in [7, 11) is 0. The molecule has 0 radical (unpaired) electrons. The maximum atomic E-state index is 12.4. The third-order valence-corrected chi connectivity index (χ3v) is 3.86. The smallest absolute Gasteiger partial charge is 0.224 e. The van der Waals surface area contributed by atoms with E-state index in [1.54, 1.807) is 6.92 Å². The zero-order valence-electron chi connectivity index (χ0n) is 13.0. The summed E-state index contributed by atoms with van der Waals surface area (Å²) in [6, 6.07) is 9.60. The van der Waals surface area contributed by atoms with Crippen molar-refractivity contribution in [2.45, 2.75) is 39.5 Å². The van der Waals surface area contributed by atoms with Crippen LogP contribution in [-0.2, 0) is 9.59 Å². The first-order valence-corrected chi connectivity index (χ1v) is 7.56. The molecule has 116 valence electrons. The van der Waals surface area contributed by atoms with Crippen LogP contribution in [0.25, 0.3) is 0 Å². The topological polar surface area (TPSA) is 69.2 Å². The molecule has 0 saturated heterocycles. The van der Waals surface area contributed by atoms with Crippen molar-refractivity contribution in [3.63, 3.8) is 0 Å². The van der Waals surface area contributed by atoms with Gasteiger partial charge in [-0.05, 0) is 24.3 Å². The average molecular weight is 290 g/mol. The van der Waals surface area contributed by atoms with E-state index in [1.165, 1.54) is 0 Å². The molecule has 0 heterocycles. The fourth-order valence-corrected chi connectivity index (χ4v) is 2.67. The van der Waals surface area contributed by atoms with Crippen molar-refractivity contribution in [3.05, 3.63) is 35.9 Å². The van der Waals surface area contributed by atoms with E-state index in [4.69, 9.17) is 0 Å². The summed E-state index contributed by atoms with van der Waals surface area (Å²) in [4.78, 5) is 23.7. The molecule has 0 bridgehead atoms. The van der Waals surface area contributed by atoms with E-state index in [2.05, 4.69) is 5.32 Å². The average Bonchev–Trinajstić information content (AvgIpc) is 2.50. The van der Waals surface area contributed by atoms with Gasteiger partial charge in [0.25, 0.3) is 0 Å². The van der Waals surface area contributed by atoms with Crippen LogP contribution < -0.4 is 10.4 Å².